The highest BCUT2D eigenvalue weighted by Gasteiger charge is 2.19. The number of hydrogen-bond acceptors (Lipinski definition) is 4. The monoisotopic (exact) mass is 242 g/mol. The molecule has 0 bridgehead atoms. The Hall–Kier alpha value is -0.680. The maximum absolute atomic E-state index is 6.02. The van der Waals surface area contributed by atoms with Crippen LogP contribution in [-0.2, 0) is 15.9 Å². The van der Waals surface area contributed by atoms with Crippen molar-refractivity contribution in [2.75, 3.05) is 13.2 Å². The highest BCUT2D eigenvalue weighted by atomic mass is 35.5. The lowest BCUT2D eigenvalue weighted by atomic mass is 10.1. The van der Waals surface area contributed by atoms with Crippen LogP contribution >= 0.6 is 11.6 Å². The minimum absolute atomic E-state index is 0.0111. The van der Waals surface area contributed by atoms with E-state index in [1.807, 2.05) is 6.07 Å². The lowest BCUT2D eigenvalue weighted by Crippen LogP contribution is -2.28. The molecule has 0 amide bonds. The second-order valence-electron chi connectivity index (χ2n) is 3.84. The number of nitrogens with zero attached hydrogens (tertiary/aromatic N) is 1. The smallest absolute Gasteiger partial charge is 0.159 e. The molecule has 1 aromatic heterocycles. The number of pyridine rings is 1. The predicted octanol–water partition coefficient (Wildman–Crippen LogP) is 1.37. The van der Waals surface area contributed by atoms with Crippen molar-refractivity contribution < 1.29 is 9.47 Å². The number of rotatable bonds is 4. The molecule has 1 aromatic rings. The third-order valence-electron chi connectivity index (χ3n) is 2.52. The van der Waals surface area contributed by atoms with Crippen LogP contribution in [0.3, 0.4) is 0 Å². The molecule has 1 unspecified atom stereocenters. The van der Waals surface area contributed by atoms with Gasteiger partial charge in [-0.2, -0.15) is 0 Å². The predicted molar refractivity (Wildman–Crippen MR) is 61.2 cm³/mol. The van der Waals surface area contributed by atoms with Crippen LogP contribution in [0.1, 0.15) is 12.0 Å². The van der Waals surface area contributed by atoms with Crippen LogP contribution < -0.4 is 5.73 Å². The quantitative estimate of drug-likeness (QED) is 0.867. The number of halogens is 1. The normalized spacial score (nSPS) is 18.9. The summed E-state index contributed by atoms with van der Waals surface area (Å²) in [6.45, 7) is 1.32. The first-order chi connectivity index (χ1) is 7.75. The van der Waals surface area contributed by atoms with Crippen molar-refractivity contribution >= 4 is 11.6 Å². The molecule has 2 rings (SSSR count). The van der Waals surface area contributed by atoms with Gasteiger partial charge in [-0.05, 0) is 18.1 Å². The van der Waals surface area contributed by atoms with Crippen molar-refractivity contribution in [1.82, 2.24) is 4.98 Å². The van der Waals surface area contributed by atoms with Gasteiger partial charge < -0.3 is 15.2 Å². The van der Waals surface area contributed by atoms with Crippen molar-refractivity contribution in [3.05, 3.63) is 29.0 Å². The zero-order valence-corrected chi connectivity index (χ0v) is 9.69. The Kier molecular flexibility index (Phi) is 4.12. The summed E-state index contributed by atoms with van der Waals surface area (Å²) in [5, 5.41) is 0.659. The minimum Gasteiger partial charge on any atom is -0.350 e. The Morgan fingerprint density at radius 1 is 1.50 bits per heavy atom. The number of ether oxygens (including phenoxy) is 2. The highest BCUT2D eigenvalue weighted by molar-refractivity contribution is 6.31. The van der Waals surface area contributed by atoms with E-state index in [0.29, 0.717) is 31.1 Å². The lowest BCUT2D eigenvalue weighted by molar-refractivity contribution is -0.0504. The maximum atomic E-state index is 6.02. The molecule has 16 heavy (non-hydrogen) atoms. The van der Waals surface area contributed by atoms with E-state index in [0.717, 1.165) is 5.56 Å². The summed E-state index contributed by atoms with van der Waals surface area (Å²) >= 11 is 6.00. The molecule has 0 aliphatic carbocycles. The molecular formula is C11H15ClN2O2. The summed E-state index contributed by atoms with van der Waals surface area (Å²) in [4.78, 5) is 3.93. The SMILES string of the molecule is NC(Cc1ccncc1Cl)CC1OCCO1. The van der Waals surface area contributed by atoms with Crippen molar-refractivity contribution in [3.63, 3.8) is 0 Å². The Morgan fingerprint density at radius 3 is 2.94 bits per heavy atom. The fraction of sp³-hybridized carbons (Fsp3) is 0.545. The van der Waals surface area contributed by atoms with Crippen LogP contribution in [0, 0.1) is 0 Å². The summed E-state index contributed by atoms with van der Waals surface area (Å²) in [7, 11) is 0. The topological polar surface area (TPSA) is 57.4 Å². The molecule has 2 heterocycles. The van der Waals surface area contributed by atoms with Crippen LogP contribution in [-0.4, -0.2) is 30.5 Å². The number of hydrogen-bond donors (Lipinski definition) is 1. The van der Waals surface area contributed by atoms with Gasteiger partial charge in [0.15, 0.2) is 6.29 Å². The lowest BCUT2D eigenvalue weighted by Gasteiger charge is -2.16. The van der Waals surface area contributed by atoms with Crippen molar-refractivity contribution in [2.45, 2.75) is 25.2 Å². The van der Waals surface area contributed by atoms with Gasteiger partial charge in [-0.15, -0.1) is 0 Å². The first-order valence-electron chi connectivity index (χ1n) is 5.33. The summed E-state index contributed by atoms with van der Waals surface area (Å²) < 4.78 is 10.7. The van der Waals surface area contributed by atoms with E-state index in [1.54, 1.807) is 12.4 Å². The Bertz CT molecular complexity index is 343. The molecule has 0 saturated carbocycles. The van der Waals surface area contributed by atoms with Gasteiger partial charge in [-0.1, -0.05) is 11.6 Å². The van der Waals surface area contributed by atoms with Crippen molar-refractivity contribution in [3.8, 4) is 0 Å². The van der Waals surface area contributed by atoms with Gasteiger partial charge in [0.25, 0.3) is 0 Å². The van der Waals surface area contributed by atoms with Gasteiger partial charge >= 0.3 is 0 Å². The maximum Gasteiger partial charge on any atom is 0.159 e. The average molecular weight is 243 g/mol. The second kappa shape index (κ2) is 5.59. The summed E-state index contributed by atoms with van der Waals surface area (Å²) in [5.41, 5.74) is 7.03. The first kappa shape index (κ1) is 11.8. The number of aromatic nitrogens is 1. The molecule has 88 valence electrons. The van der Waals surface area contributed by atoms with E-state index in [2.05, 4.69) is 4.98 Å². The molecule has 0 aromatic carbocycles. The van der Waals surface area contributed by atoms with E-state index in [-0.39, 0.29) is 12.3 Å². The molecule has 1 atom stereocenters. The second-order valence-corrected chi connectivity index (χ2v) is 4.25. The van der Waals surface area contributed by atoms with Crippen molar-refractivity contribution in [2.24, 2.45) is 5.73 Å². The van der Waals surface area contributed by atoms with Gasteiger partial charge in [0, 0.05) is 24.9 Å². The summed E-state index contributed by atoms with van der Waals surface area (Å²) in [5.74, 6) is 0. The van der Waals surface area contributed by atoms with Crippen LogP contribution in [0.15, 0.2) is 18.5 Å². The molecule has 1 aliphatic rings. The van der Waals surface area contributed by atoms with E-state index in [1.165, 1.54) is 0 Å². The molecule has 4 nitrogen and oxygen atoms in total. The van der Waals surface area contributed by atoms with Gasteiger partial charge in [0.2, 0.25) is 0 Å². The highest BCUT2D eigenvalue weighted by Crippen LogP contribution is 2.17. The van der Waals surface area contributed by atoms with Crippen LogP contribution in [0.2, 0.25) is 5.02 Å². The molecule has 1 aliphatic heterocycles. The van der Waals surface area contributed by atoms with Gasteiger partial charge in [0.1, 0.15) is 0 Å². The Balaban J connectivity index is 1.86. The van der Waals surface area contributed by atoms with Crippen LogP contribution in [0.4, 0.5) is 0 Å². The summed E-state index contributed by atoms with van der Waals surface area (Å²) in [6.07, 6.45) is 4.60. The van der Waals surface area contributed by atoms with E-state index in [9.17, 15) is 0 Å². The molecule has 0 radical (unpaired) electrons. The number of nitrogens with two attached hydrogens (primary N) is 1. The molecule has 5 heteroatoms. The third kappa shape index (κ3) is 3.15. The molecule has 2 N–H and O–H groups in total. The fourth-order valence-electron chi connectivity index (χ4n) is 1.73. The Morgan fingerprint density at radius 2 is 2.25 bits per heavy atom. The first-order valence-corrected chi connectivity index (χ1v) is 5.70. The third-order valence-corrected chi connectivity index (χ3v) is 2.86. The van der Waals surface area contributed by atoms with Crippen LogP contribution in [0.25, 0.3) is 0 Å². The fourth-order valence-corrected chi connectivity index (χ4v) is 1.92. The molecular weight excluding hydrogens is 228 g/mol. The molecule has 0 spiro atoms. The zero-order valence-electron chi connectivity index (χ0n) is 8.93. The van der Waals surface area contributed by atoms with E-state index >= 15 is 0 Å². The van der Waals surface area contributed by atoms with Gasteiger partial charge in [-0.3, -0.25) is 4.98 Å². The Labute approximate surface area is 99.7 Å². The zero-order chi connectivity index (χ0) is 11.4. The largest absolute Gasteiger partial charge is 0.350 e. The van der Waals surface area contributed by atoms with Gasteiger partial charge in [0.05, 0.1) is 18.2 Å². The molecule has 1 fully saturated rings. The van der Waals surface area contributed by atoms with Gasteiger partial charge in [-0.25, -0.2) is 0 Å². The van der Waals surface area contributed by atoms with Crippen LogP contribution in [0.5, 0.6) is 0 Å². The summed E-state index contributed by atoms with van der Waals surface area (Å²) in [6, 6.07) is 1.88. The van der Waals surface area contributed by atoms with E-state index in [4.69, 9.17) is 26.8 Å². The minimum atomic E-state index is -0.157. The van der Waals surface area contributed by atoms with E-state index < -0.39 is 0 Å². The standard InChI is InChI=1S/C11H15ClN2O2/c12-10-7-14-2-1-8(10)5-9(13)6-11-15-3-4-16-11/h1-2,7,9,11H,3-6,13H2. The van der Waals surface area contributed by atoms with Crippen molar-refractivity contribution in [1.29, 1.82) is 0 Å². The molecule has 1 saturated heterocycles. The average Bonchev–Trinajstić information content (AvgIpc) is 2.74.